The summed E-state index contributed by atoms with van der Waals surface area (Å²) < 4.78 is 10.5. The number of carbonyl (C=O) groups is 2. The summed E-state index contributed by atoms with van der Waals surface area (Å²) in [6, 6.07) is 17.1. The highest BCUT2D eigenvalue weighted by Gasteiger charge is 2.30. The summed E-state index contributed by atoms with van der Waals surface area (Å²) in [5.74, 6) is 0.144. The van der Waals surface area contributed by atoms with Crippen LogP contribution >= 0.6 is 0 Å². The average Bonchev–Trinajstić information content (AvgIpc) is 2.83. The van der Waals surface area contributed by atoms with Crippen molar-refractivity contribution in [2.45, 2.75) is 19.8 Å². The number of para-hydroxylation sites is 1. The van der Waals surface area contributed by atoms with Gasteiger partial charge in [-0.3, -0.25) is 9.59 Å². The SMILES string of the molecule is CCOC(=O)C1CCCN(C(=O)c2cc(-c3cccc(OC)c3)nc3ccccc23)C1. The predicted octanol–water partition coefficient (Wildman–Crippen LogP) is 4.33. The van der Waals surface area contributed by atoms with E-state index in [-0.39, 0.29) is 17.8 Å². The fourth-order valence-electron chi connectivity index (χ4n) is 4.07. The molecule has 6 nitrogen and oxygen atoms in total. The highest BCUT2D eigenvalue weighted by molar-refractivity contribution is 6.07. The van der Waals surface area contributed by atoms with E-state index in [2.05, 4.69) is 0 Å². The van der Waals surface area contributed by atoms with Crippen molar-refractivity contribution in [3.05, 3.63) is 60.2 Å². The predicted molar refractivity (Wildman–Crippen MR) is 119 cm³/mol. The maximum absolute atomic E-state index is 13.6. The molecule has 1 amide bonds. The van der Waals surface area contributed by atoms with Crippen LogP contribution < -0.4 is 4.74 Å². The second kappa shape index (κ2) is 9.16. The Hall–Kier alpha value is -3.41. The number of likely N-dealkylation sites (tertiary alicyclic amines) is 1. The van der Waals surface area contributed by atoms with Gasteiger partial charge in [-0.05, 0) is 44.0 Å². The lowest BCUT2D eigenvalue weighted by atomic mass is 9.96. The lowest BCUT2D eigenvalue weighted by Crippen LogP contribution is -2.42. The number of methoxy groups -OCH3 is 1. The topological polar surface area (TPSA) is 68.7 Å². The molecule has 1 aromatic heterocycles. The van der Waals surface area contributed by atoms with Crippen LogP contribution in [0.5, 0.6) is 5.75 Å². The standard InChI is InChI=1S/C25H26N2O4/c1-3-31-25(29)18-9-7-13-27(16-18)24(28)21-15-23(17-8-6-10-19(14-17)30-2)26-22-12-5-4-11-20(21)22/h4-6,8,10-12,14-15,18H,3,7,9,13,16H2,1-2H3. The number of esters is 1. The minimum Gasteiger partial charge on any atom is -0.497 e. The van der Waals surface area contributed by atoms with Crippen molar-refractivity contribution in [1.29, 1.82) is 0 Å². The van der Waals surface area contributed by atoms with E-state index in [0.29, 0.717) is 31.0 Å². The first-order chi connectivity index (χ1) is 15.1. The zero-order valence-electron chi connectivity index (χ0n) is 17.8. The van der Waals surface area contributed by atoms with Gasteiger partial charge in [-0.25, -0.2) is 4.98 Å². The van der Waals surface area contributed by atoms with E-state index in [1.54, 1.807) is 18.9 Å². The molecule has 1 atom stereocenters. The smallest absolute Gasteiger partial charge is 0.310 e. The van der Waals surface area contributed by atoms with Crippen LogP contribution in [0.4, 0.5) is 0 Å². The highest BCUT2D eigenvalue weighted by Crippen LogP contribution is 2.29. The zero-order valence-corrected chi connectivity index (χ0v) is 17.8. The number of aromatic nitrogens is 1. The molecular formula is C25H26N2O4. The summed E-state index contributed by atoms with van der Waals surface area (Å²) in [5, 5.41) is 0.803. The molecule has 4 rings (SSSR count). The summed E-state index contributed by atoms with van der Waals surface area (Å²) in [7, 11) is 1.62. The van der Waals surface area contributed by atoms with Gasteiger partial charge in [0.25, 0.3) is 5.91 Å². The molecule has 6 heteroatoms. The van der Waals surface area contributed by atoms with Gasteiger partial charge in [0, 0.05) is 24.0 Å². The zero-order chi connectivity index (χ0) is 21.8. The fourth-order valence-corrected chi connectivity index (χ4v) is 4.07. The van der Waals surface area contributed by atoms with Gasteiger partial charge >= 0.3 is 5.97 Å². The van der Waals surface area contributed by atoms with Crippen LogP contribution in [0.3, 0.4) is 0 Å². The maximum atomic E-state index is 13.6. The first kappa shape index (κ1) is 20.8. The molecule has 160 valence electrons. The minimum absolute atomic E-state index is 0.0863. The Balaban J connectivity index is 1.72. The minimum atomic E-state index is -0.274. The van der Waals surface area contributed by atoms with Gasteiger partial charge in [-0.1, -0.05) is 30.3 Å². The molecule has 0 saturated carbocycles. The lowest BCUT2D eigenvalue weighted by molar-refractivity contribution is -0.149. The average molecular weight is 418 g/mol. The quantitative estimate of drug-likeness (QED) is 0.577. The van der Waals surface area contributed by atoms with E-state index in [9.17, 15) is 9.59 Å². The summed E-state index contributed by atoms with van der Waals surface area (Å²) in [6.07, 6.45) is 1.52. The van der Waals surface area contributed by atoms with Gasteiger partial charge < -0.3 is 14.4 Å². The third kappa shape index (κ3) is 4.38. The molecule has 0 radical (unpaired) electrons. The number of ether oxygens (including phenoxy) is 2. The third-order valence-corrected chi connectivity index (χ3v) is 5.64. The van der Waals surface area contributed by atoms with Crippen molar-refractivity contribution in [3.63, 3.8) is 0 Å². The Kier molecular flexibility index (Phi) is 6.16. The van der Waals surface area contributed by atoms with Crippen molar-refractivity contribution in [3.8, 4) is 17.0 Å². The van der Waals surface area contributed by atoms with Crippen molar-refractivity contribution in [1.82, 2.24) is 9.88 Å². The van der Waals surface area contributed by atoms with Crippen LogP contribution in [0, 0.1) is 5.92 Å². The van der Waals surface area contributed by atoms with Crippen LogP contribution in [-0.4, -0.2) is 48.6 Å². The molecular weight excluding hydrogens is 392 g/mol. The van der Waals surface area contributed by atoms with Gasteiger partial charge in [-0.2, -0.15) is 0 Å². The monoisotopic (exact) mass is 418 g/mol. The second-order valence-electron chi connectivity index (χ2n) is 7.65. The van der Waals surface area contributed by atoms with Gasteiger partial charge in [-0.15, -0.1) is 0 Å². The number of carbonyl (C=O) groups excluding carboxylic acids is 2. The van der Waals surface area contributed by atoms with Crippen LogP contribution in [0.25, 0.3) is 22.2 Å². The number of pyridine rings is 1. The summed E-state index contributed by atoms with van der Waals surface area (Å²) >= 11 is 0. The van der Waals surface area contributed by atoms with E-state index in [1.165, 1.54) is 0 Å². The number of fused-ring (bicyclic) bond motifs is 1. The van der Waals surface area contributed by atoms with Crippen LogP contribution in [0.2, 0.25) is 0 Å². The number of piperidine rings is 1. The molecule has 3 aromatic rings. The van der Waals surface area contributed by atoms with Gasteiger partial charge in [0.2, 0.25) is 0 Å². The van der Waals surface area contributed by atoms with Gasteiger partial charge in [0.1, 0.15) is 5.75 Å². The Labute approximate surface area is 181 Å². The van der Waals surface area contributed by atoms with E-state index < -0.39 is 0 Å². The number of benzene rings is 2. The summed E-state index contributed by atoms with van der Waals surface area (Å²) in [4.78, 5) is 32.3. The molecule has 0 N–H and O–H groups in total. The van der Waals surface area contributed by atoms with Crippen molar-refractivity contribution in [2.75, 3.05) is 26.8 Å². The summed E-state index contributed by atoms with van der Waals surface area (Å²) in [6.45, 7) is 3.15. The van der Waals surface area contributed by atoms with Crippen molar-refractivity contribution in [2.24, 2.45) is 5.92 Å². The molecule has 1 aliphatic heterocycles. The van der Waals surface area contributed by atoms with Crippen LogP contribution in [0.1, 0.15) is 30.1 Å². The molecule has 0 spiro atoms. The normalized spacial score (nSPS) is 16.2. The number of hydrogen-bond donors (Lipinski definition) is 0. The largest absolute Gasteiger partial charge is 0.497 e. The molecule has 1 aliphatic rings. The molecule has 0 bridgehead atoms. The van der Waals surface area contributed by atoms with Gasteiger partial charge in [0.05, 0.1) is 36.4 Å². The first-order valence-corrected chi connectivity index (χ1v) is 10.6. The van der Waals surface area contributed by atoms with Crippen LogP contribution in [0.15, 0.2) is 54.6 Å². The maximum Gasteiger partial charge on any atom is 0.310 e. The Morgan fingerprint density at radius 2 is 1.97 bits per heavy atom. The lowest BCUT2D eigenvalue weighted by Gasteiger charge is -2.32. The van der Waals surface area contributed by atoms with Crippen LogP contribution in [-0.2, 0) is 9.53 Å². The summed E-state index contributed by atoms with van der Waals surface area (Å²) in [5.41, 5.74) is 2.93. The molecule has 1 saturated heterocycles. The second-order valence-corrected chi connectivity index (χ2v) is 7.65. The number of rotatable bonds is 5. The van der Waals surface area contributed by atoms with E-state index in [1.807, 2.05) is 54.6 Å². The molecule has 31 heavy (non-hydrogen) atoms. The Morgan fingerprint density at radius 3 is 2.77 bits per heavy atom. The van der Waals surface area contributed by atoms with Crippen molar-refractivity contribution >= 4 is 22.8 Å². The molecule has 1 unspecified atom stereocenters. The number of hydrogen-bond acceptors (Lipinski definition) is 5. The Morgan fingerprint density at radius 1 is 1.13 bits per heavy atom. The molecule has 0 aliphatic carbocycles. The Bertz CT molecular complexity index is 1110. The molecule has 2 aromatic carbocycles. The third-order valence-electron chi connectivity index (χ3n) is 5.64. The number of amides is 1. The van der Waals surface area contributed by atoms with E-state index in [4.69, 9.17) is 14.5 Å². The fraction of sp³-hybridized carbons (Fsp3) is 0.320. The number of nitrogens with zero attached hydrogens (tertiary/aromatic N) is 2. The van der Waals surface area contributed by atoms with Gasteiger partial charge in [0.15, 0.2) is 0 Å². The van der Waals surface area contributed by atoms with Crippen molar-refractivity contribution < 1.29 is 19.1 Å². The van der Waals surface area contributed by atoms with E-state index in [0.717, 1.165) is 35.1 Å². The molecule has 2 heterocycles. The van der Waals surface area contributed by atoms with E-state index >= 15 is 0 Å². The first-order valence-electron chi connectivity index (χ1n) is 10.6. The molecule has 1 fully saturated rings. The highest BCUT2D eigenvalue weighted by atomic mass is 16.5.